The normalized spacial score (nSPS) is 13.0. The monoisotopic (exact) mass is 309 g/mol. The van der Waals surface area contributed by atoms with Crippen LogP contribution in [-0.4, -0.2) is 18.7 Å². The molecule has 1 atom stereocenters. The lowest BCUT2D eigenvalue weighted by atomic mass is 10.2. The number of ether oxygens (including phenoxy) is 2. The van der Waals surface area contributed by atoms with E-state index in [9.17, 15) is 4.79 Å². The minimum absolute atomic E-state index is 0.208. The first-order chi connectivity index (χ1) is 11.2. The predicted octanol–water partition coefficient (Wildman–Crippen LogP) is 2.73. The largest absolute Gasteiger partial charge is 0.454 e. The molecule has 3 rings (SSSR count). The standard InChI is InChI=1S/C17H15N3O3/c1-11(17(21)20-14-5-3-2-4-12(14)9-18)19-13-6-7-15-16(8-13)23-10-22-15/h2-8,11,19H,10H2,1H3,(H,20,21)/t11-/m1/s1. The van der Waals surface area contributed by atoms with Crippen molar-refractivity contribution in [2.24, 2.45) is 0 Å². The second-order valence-corrected chi connectivity index (χ2v) is 5.08. The number of carbonyl (C=O) groups excluding carboxylic acids is 1. The summed E-state index contributed by atoms with van der Waals surface area (Å²) in [4.78, 5) is 12.3. The van der Waals surface area contributed by atoms with Gasteiger partial charge in [-0.1, -0.05) is 12.1 Å². The molecular weight excluding hydrogens is 294 g/mol. The Bertz CT molecular complexity index is 783. The highest BCUT2D eigenvalue weighted by Gasteiger charge is 2.17. The van der Waals surface area contributed by atoms with Gasteiger partial charge in [0.15, 0.2) is 11.5 Å². The van der Waals surface area contributed by atoms with E-state index in [1.807, 2.05) is 6.07 Å². The molecule has 23 heavy (non-hydrogen) atoms. The number of fused-ring (bicyclic) bond motifs is 1. The molecule has 1 heterocycles. The number of amides is 1. The van der Waals surface area contributed by atoms with E-state index in [1.54, 1.807) is 43.3 Å². The Labute approximate surface area is 133 Å². The number of nitriles is 1. The summed E-state index contributed by atoms with van der Waals surface area (Å²) in [5.74, 6) is 1.11. The Kier molecular flexibility index (Phi) is 4.02. The van der Waals surface area contributed by atoms with Crippen molar-refractivity contribution in [2.45, 2.75) is 13.0 Å². The number of carbonyl (C=O) groups is 1. The van der Waals surface area contributed by atoms with Crippen LogP contribution < -0.4 is 20.1 Å². The number of para-hydroxylation sites is 1. The summed E-state index contributed by atoms with van der Waals surface area (Å²) in [6.07, 6.45) is 0. The van der Waals surface area contributed by atoms with Gasteiger partial charge >= 0.3 is 0 Å². The van der Waals surface area contributed by atoms with Crippen LogP contribution in [-0.2, 0) is 4.79 Å². The predicted molar refractivity (Wildman–Crippen MR) is 85.4 cm³/mol. The van der Waals surface area contributed by atoms with Gasteiger partial charge in [0.25, 0.3) is 0 Å². The number of nitrogens with zero attached hydrogens (tertiary/aromatic N) is 1. The van der Waals surface area contributed by atoms with Crippen molar-refractivity contribution in [1.82, 2.24) is 0 Å². The molecule has 0 aromatic heterocycles. The maximum atomic E-state index is 12.3. The maximum Gasteiger partial charge on any atom is 0.246 e. The number of rotatable bonds is 4. The Balaban J connectivity index is 1.67. The zero-order valence-electron chi connectivity index (χ0n) is 12.5. The molecule has 116 valence electrons. The molecule has 0 fully saturated rings. The highest BCUT2D eigenvalue weighted by molar-refractivity contribution is 5.97. The van der Waals surface area contributed by atoms with Crippen molar-refractivity contribution in [3.05, 3.63) is 48.0 Å². The zero-order chi connectivity index (χ0) is 16.2. The fourth-order valence-corrected chi connectivity index (χ4v) is 2.23. The molecule has 6 nitrogen and oxygen atoms in total. The van der Waals surface area contributed by atoms with Gasteiger partial charge in [0.1, 0.15) is 12.1 Å². The lowest BCUT2D eigenvalue weighted by Crippen LogP contribution is -2.32. The van der Waals surface area contributed by atoms with Crippen LogP contribution in [0.15, 0.2) is 42.5 Å². The first-order valence-electron chi connectivity index (χ1n) is 7.13. The van der Waals surface area contributed by atoms with E-state index < -0.39 is 6.04 Å². The molecule has 0 saturated heterocycles. The Morgan fingerprint density at radius 3 is 2.83 bits per heavy atom. The lowest BCUT2D eigenvalue weighted by Gasteiger charge is -2.16. The summed E-state index contributed by atoms with van der Waals surface area (Å²) in [6.45, 7) is 1.95. The third-order valence-corrected chi connectivity index (χ3v) is 3.45. The van der Waals surface area contributed by atoms with Crippen LogP contribution >= 0.6 is 0 Å². The molecule has 0 unspecified atom stereocenters. The van der Waals surface area contributed by atoms with Gasteiger partial charge in [-0.2, -0.15) is 5.26 Å². The number of benzene rings is 2. The first kappa shape index (κ1) is 14.7. The van der Waals surface area contributed by atoms with E-state index in [0.29, 0.717) is 22.7 Å². The van der Waals surface area contributed by atoms with Crippen molar-refractivity contribution in [2.75, 3.05) is 17.4 Å². The Morgan fingerprint density at radius 2 is 2.00 bits per heavy atom. The quantitative estimate of drug-likeness (QED) is 0.907. The van der Waals surface area contributed by atoms with Gasteiger partial charge in [0.05, 0.1) is 11.3 Å². The maximum absolute atomic E-state index is 12.3. The minimum Gasteiger partial charge on any atom is -0.454 e. The van der Waals surface area contributed by atoms with E-state index >= 15 is 0 Å². The molecule has 0 aliphatic carbocycles. The van der Waals surface area contributed by atoms with Crippen LogP contribution in [0.2, 0.25) is 0 Å². The van der Waals surface area contributed by atoms with E-state index in [0.717, 1.165) is 5.69 Å². The highest BCUT2D eigenvalue weighted by Crippen LogP contribution is 2.34. The number of anilines is 2. The van der Waals surface area contributed by atoms with Crippen molar-refractivity contribution < 1.29 is 14.3 Å². The second-order valence-electron chi connectivity index (χ2n) is 5.08. The smallest absolute Gasteiger partial charge is 0.246 e. The molecule has 1 aliphatic rings. The van der Waals surface area contributed by atoms with Crippen LogP contribution in [0, 0.1) is 11.3 Å². The van der Waals surface area contributed by atoms with Gasteiger partial charge < -0.3 is 20.1 Å². The number of hydrogen-bond acceptors (Lipinski definition) is 5. The molecule has 1 aliphatic heterocycles. The third kappa shape index (κ3) is 3.19. The lowest BCUT2D eigenvalue weighted by molar-refractivity contribution is -0.116. The molecule has 0 bridgehead atoms. The van der Waals surface area contributed by atoms with Gasteiger partial charge in [-0.05, 0) is 31.2 Å². The summed E-state index contributed by atoms with van der Waals surface area (Å²) in [5, 5.41) is 14.9. The van der Waals surface area contributed by atoms with Crippen LogP contribution in [0.25, 0.3) is 0 Å². The van der Waals surface area contributed by atoms with Gasteiger partial charge in [-0.15, -0.1) is 0 Å². The minimum atomic E-state index is -0.484. The van der Waals surface area contributed by atoms with Gasteiger partial charge in [-0.3, -0.25) is 4.79 Å². The van der Waals surface area contributed by atoms with Crippen molar-refractivity contribution in [3.8, 4) is 17.6 Å². The zero-order valence-corrected chi connectivity index (χ0v) is 12.5. The molecule has 2 aromatic carbocycles. The summed E-state index contributed by atoms with van der Waals surface area (Å²) < 4.78 is 10.6. The van der Waals surface area contributed by atoms with Crippen molar-refractivity contribution >= 4 is 17.3 Å². The van der Waals surface area contributed by atoms with Gasteiger partial charge in [0, 0.05) is 11.8 Å². The molecule has 0 radical (unpaired) electrons. The second kappa shape index (κ2) is 6.28. The SMILES string of the molecule is C[C@@H](Nc1ccc2c(c1)OCO2)C(=O)Nc1ccccc1C#N. The van der Waals surface area contributed by atoms with Crippen LogP contribution in [0.4, 0.5) is 11.4 Å². The van der Waals surface area contributed by atoms with E-state index in [4.69, 9.17) is 14.7 Å². The first-order valence-corrected chi connectivity index (χ1v) is 7.13. The number of nitrogens with one attached hydrogen (secondary N) is 2. The summed E-state index contributed by atoms with van der Waals surface area (Å²) in [7, 11) is 0. The van der Waals surface area contributed by atoms with Crippen molar-refractivity contribution in [3.63, 3.8) is 0 Å². The van der Waals surface area contributed by atoms with Crippen LogP contribution in [0.1, 0.15) is 12.5 Å². The van der Waals surface area contributed by atoms with Gasteiger partial charge in [0.2, 0.25) is 12.7 Å². The Hall–Kier alpha value is -3.20. The Morgan fingerprint density at radius 1 is 1.22 bits per heavy atom. The highest BCUT2D eigenvalue weighted by atomic mass is 16.7. The molecule has 2 N–H and O–H groups in total. The average Bonchev–Trinajstić information content (AvgIpc) is 3.03. The fraction of sp³-hybridized carbons (Fsp3) is 0.176. The summed E-state index contributed by atoms with van der Waals surface area (Å²) in [6, 6.07) is 13.8. The van der Waals surface area contributed by atoms with Crippen LogP contribution in [0.3, 0.4) is 0 Å². The van der Waals surface area contributed by atoms with Gasteiger partial charge in [-0.25, -0.2) is 0 Å². The fourth-order valence-electron chi connectivity index (χ4n) is 2.23. The van der Waals surface area contributed by atoms with E-state index in [2.05, 4.69) is 16.7 Å². The molecule has 6 heteroatoms. The molecule has 1 amide bonds. The van der Waals surface area contributed by atoms with Crippen molar-refractivity contribution in [1.29, 1.82) is 5.26 Å². The molecular formula is C17H15N3O3. The van der Waals surface area contributed by atoms with Crippen LogP contribution in [0.5, 0.6) is 11.5 Å². The molecule has 2 aromatic rings. The summed E-state index contributed by atoms with van der Waals surface area (Å²) in [5.41, 5.74) is 1.68. The average molecular weight is 309 g/mol. The van der Waals surface area contributed by atoms with E-state index in [1.165, 1.54) is 0 Å². The molecule has 0 spiro atoms. The summed E-state index contributed by atoms with van der Waals surface area (Å²) >= 11 is 0. The van der Waals surface area contributed by atoms with E-state index in [-0.39, 0.29) is 12.7 Å². The topological polar surface area (TPSA) is 83.4 Å². The number of hydrogen-bond donors (Lipinski definition) is 2. The third-order valence-electron chi connectivity index (χ3n) is 3.45. The molecule has 0 saturated carbocycles.